The summed E-state index contributed by atoms with van der Waals surface area (Å²) in [4.78, 5) is 21.6. The fraction of sp³-hybridized carbons (Fsp3) is 0.600. The number of carbonyl (C=O) groups excluding carboxylic acids is 2. The second-order valence-corrected chi connectivity index (χ2v) is 3.72. The van der Waals surface area contributed by atoms with Gasteiger partial charge in [0, 0.05) is 12.5 Å². The molecule has 0 spiro atoms. The highest BCUT2D eigenvalue weighted by molar-refractivity contribution is 5.82. The molecule has 0 saturated carbocycles. The fourth-order valence-electron chi connectivity index (χ4n) is 1.06. The van der Waals surface area contributed by atoms with Crippen LogP contribution < -0.4 is 0 Å². The number of allylic oxidation sites excluding steroid dienone is 1. The lowest BCUT2D eigenvalue weighted by Gasteiger charge is -2.17. The molecule has 0 radical (unpaired) electrons. The predicted octanol–water partition coefficient (Wildman–Crippen LogP) is 1.72. The summed E-state index contributed by atoms with van der Waals surface area (Å²) in [5.74, 6) is -0.281. The van der Waals surface area contributed by atoms with Crippen LogP contribution in [0, 0.1) is 5.41 Å². The van der Waals surface area contributed by atoms with Crippen molar-refractivity contribution in [3.63, 3.8) is 0 Å². The average molecular weight is 184 g/mol. The number of methoxy groups -OCH3 is 1. The summed E-state index contributed by atoms with van der Waals surface area (Å²) in [7, 11) is 1.32. The maximum atomic E-state index is 10.8. The van der Waals surface area contributed by atoms with Gasteiger partial charge in [0.25, 0.3) is 0 Å². The van der Waals surface area contributed by atoms with Crippen LogP contribution in [-0.2, 0) is 14.3 Å². The van der Waals surface area contributed by atoms with E-state index in [2.05, 4.69) is 4.74 Å². The topological polar surface area (TPSA) is 43.4 Å². The number of ketones is 1. The summed E-state index contributed by atoms with van der Waals surface area (Å²) in [5.41, 5.74) is -0.278. The van der Waals surface area contributed by atoms with E-state index in [4.69, 9.17) is 0 Å². The Hall–Kier alpha value is -1.12. The van der Waals surface area contributed by atoms with Crippen molar-refractivity contribution < 1.29 is 14.3 Å². The lowest BCUT2D eigenvalue weighted by Crippen LogP contribution is -2.13. The molecule has 0 rings (SSSR count). The molecule has 0 bridgehead atoms. The molecule has 0 aromatic heterocycles. The third kappa shape index (κ3) is 6.08. The average Bonchev–Trinajstić information content (AvgIpc) is 1.98. The monoisotopic (exact) mass is 184 g/mol. The van der Waals surface area contributed by atoms with Gasteiger partial charge in [-0.15, -0.1) is 0 Å². The van der Waals surface area contributed by atoms with Crippen LogP contribution in [0.1, 0.15) is 27.2 Å². The molecule has 0 unspecified atom stereocenters. The SMILES string of the molecule is COC(=O)/C=C/C(C)(C)CC(C)=O. The third-order valence-corrected chi connectivity index (χ3v) is 1.58. The smallest absolute Gasteiger partial charge is 0.330 e. The molecule has 3 heteroatoms. The van der Waals surface area contributed by atoms with Gasteiger partial charge in [0.15, 0.2) is 0 Å². The molecular weight excluding hydrogens is 168 g/mol. The highest BCUT2D eigenvalue weighted by Gasteiger charge is 2.16. The minimum Gasteiger partial charge on any atom is -0.466 e. The van der Waals surface area contributed by atoms with E-state index in [1.54, 1.807) is 6.08 Å². The number of rotatable bonds is 4. The van der Waals surface area contributed by atoms with Crippen LogP contribution in [-0.4, -0.2) is 18.9 Å². The third-order valence-electron chi connectivity index (χ3n) is 1.58. The van der Waals surface area contributed by atoms with Crippen LogP contribution in [0.25, 0.3) is 0 Å². The van der Waals surface area contributed by atoms with Gasteiger partial charge in [-0.1, -0.05) is 19.9 Å². The van der Waals surface area contributed by atoms with Crippen molar-refractivity contribution >= 4 is 11.8 Å². The molecule has 0 aliphatic carbocycles. The zero-order valence-corrected chi connectivity index (χ0v) is 8.59. The van der Waals surface area contributed by atoms with E-state index in [0.29, 0.717) is 6.42 Å². The first-order chi connectivity index (χ1) is 5.87. The van der Waals surface area contributed by atoms with Crippen molar-refractivity contribution in [3.8, 4) is 0 Å². The van der Waals surface area contributed by atoms with Crippen LogP contribution in [0.5, 0.6) is 0 Å². The molecule has 0 aromatic rings. The van der Waals surface area contributed by atoms with Crippen LogP contribution in [0.3, 0.4) is 0 Å². The minimum absolute atomic E-state index is 0.111. The Labute approximate surface area is 78.8 Å². The lowest BCUT2D eigenvalue weighted by molar-refractivity contribution is -0.135. The van der Waals surface area contributed by atoms with E-state index in [9.17, 15) is 9.59 Å². The van der Waals surface area contributed by atoms with Gasteiger partial charge in [0.2, 0.25) is 0 Å². The molecule has 0 aliphatic rings. The summed E-state index contributed by atoms with van der Waals surface area (Å²) in [5, 5.41) is 0. The van der Waals surface area contributed by atoms with Crippen molar-refractivity contribution in [1.29, 1.82) is 0 Å². The number of hydrogen-bond donors (Lipinski definition) is 0. The van der Waals surface area contributed by atoms with Crippen molar-refractivity contribution in [3.05, 3.63) is 12.2 Å². The van der Waals surface area contributed by atoms with Gasteiger partial charge in [-0.25, -0.2) is 4.79 Å². The van der Waals surface area contributed by atoms with Gasteiger partial charge >= 0.3 is 5.97 Å². The summed E-state index contributed by atoms with van der Waals surface area (Å²) >= 11 is 0. The first-order valence-corrected chi connectivity index (χ1v) is 4.14. The van der Waals surface area contributed by atoms with Gasteiger partial charge in [-0.2, -0.15) is 0 Å². The van der Waals surface area contributed by atoms with Crippen LogP contribution >= 0.6 is 0 Å². The minimum atomic E-state index is -0.392. The van der Waals surface area contributed by atoms with Crippen LogP contribution in [0.4, 0.5) is 0 Å². The Morgan fingerprint density at radius 3 is 2.31 bits per heavy atom. The Balaban J connectivity index is 4.23. The van der Waals surface area contributed by atoms with E-state index in [1.807, 2.05) is 13.8 Å². The van der Waals surface area contributed by atoms with Gasteiger partial charge in [-0.3, -0.25) is 4.79 Å². The summed E-state index contributed by atoms with van der Waals surface area (Å²) in [6, 6.07) is 0. The quantitative estimate of drug-likeness (QED) is 0.493. The molecule has 3 nitrogen and oxygen atoms in total. The molecule has 0 amide bonds. The Morgan fingerprint density at radius 1 is 1.38 bits per heavy atom. The molecule has 0 saturated heterocycles. The maximum absolute atomic E-state index is 10.8. The molecule has 0 N–H and O–H groups in total. The van der Waals surface area contributed by atoms with Crippen molar-refractivity contribution in [2.45, 2.75) is 27.2 Å². The number of Topliss-reactive ketones (excluding diaryl/α,β-unsaturated/α-hetero) is 1. The number of ether oxygens (including phenoxy) is 1. The summed E-state index contributed by atoms with van der Waals surface area (Å²) in [6.07, 6.45) is 3.48. The first-order valence-electron chi connectivity index (χ1n) is 4.14. The molecule has 0 atom stereocenters. The zero-order valence-electron chi connectivity index (χ0n) is 8.59. The molecule has 74 valence electrons. The highest BCUT2D eigenvalue weighted by atomic mass is 16.5. The molecule has 0 fully saturated rings. The van der Waals surface area contributed by atoms with E-state index in [-0.39, 0.29) is 11.2 Å². The number of hydrogen-bond acceptors (Lipinski definition) is 3. The number of esters is 1. The molecule has 0 aliphatic heterocycles. The van der Waals surface area contributed by atoms with Crippen LogP contribution in [0.2, 0.25) is 0 Å². The standard InChI is InChI=1S/C10H16O3/c1-8(11)7-10(2,3)6-5-9(12)13-4/h5-6H,7H2,1-4H3/b6-5+. The maximum Gasteiger partial charge on any atom is 0.330 e. The molecule has 0 aromatic carbocycles. The van der Waals surface area contributed by atoms with E-state index < -0.39 is 5.97 Å². The van der Waals surface area contributed by atoms with Crippen molar-refractivity contribution in [2.75, 3.05) is 7.11 Å². The normalized spacial score (nSPS) is 11.7. The van der Waals surface area contributed by atoms with Gasteiger partial charge in [-0.05, 0) is 12.3 Å². The van der Waals surface area contributed by atoms with E-state index >= 15 is 0 Å². The zero-order chi connectivity index (χ0) is 10.5. The first kappa shape index (κ1) is 11.9. The van der Waals surface area contributed by atoms with Gasteiger partial charge in [0.1, 0.15) is 5.78 Å². The number of carbonyl (C=O) groups is 2. The second kappa shape index (κ2) is 4.80. The van der Waals surface area contributed by atoms with Gasteiger partial charge in [0.05, 0.1) is 7.11 Å². The molecular formula is C10H16O3. The Morgan fingerprint density at radius 2 is 1.92 bits per heavy atom. The summed E-state index contributed by atoms with van der Waals surface area (Å²) in [6.45, 7) is 5.33. The molecule has 13 heavy (non-hydrogen) atoms. The predicted molar refractivity (Wildman–Crippen MR) is 50.2 cm³/mol. The van der Waals surface area contributed by atoms with Crippen LogP contribution in [0.15, 0.2) is 12.2 Å². The lowest BCUT2D eigenvalue weighted by atomic mass is 9.87. The van der Waals surface area contributed by atoms with Crippen molar-refractivity contribution in [1.82, 2.24) is 0 Å². The van der Waals surface area contributed by atoms with E-state index in [1.165, 1.54) is 20.1 Å². The second-order valence-electron chi connectivity index (χ2n) is 3.72. The highest BCUT2D eigenvalue weighted by Crippen LogP contribution is 2.22. The Bertz CT molecular complexity index is 226. The molecule has 0 heterocycles. The Kier molecular flexibility index (Phi) is 4.38. The largest absolute Gasteiger partial charge is 0.466 e. The summed E-state index contributed by atoms with van der Waals surface area (Å²) < 4.78 is 4.44. The fourth-order valence-corrected chi connectivity index (χ4v) is 1.06. The van der Waals surface area contributed by atoms with Crippen molar-refractivity contribution in [2.24, 2.45) is 5.41 Å². The van der Waals surface area contributed by atoms with Gasteiger partial charge < -0.3 is 4.74 Å². The van der Waals surface area contributed by atoms with E-state index in [0.717, 1.165) is 0 Å².